The predicted molar refractivity (Wildman–Crippen MR) is 62.7 cm³/mol. The van der Waals surface area contributed by atoms with Gasteiger partial charge in [0.05, 0.1) is 0 Å². The van der Waals surface area contributed by atoms with Crippen molar-refractivity contribution in [2.75, 3.05) is 0 Å². The lowest BCUT2D eigenvalue weighted by Gasteiger charge is -2.05. The Balaban J connectivity index is 2.68. The molecule has 0 atom stereocenters. The molecule has 0 bridgehead atoms. The molecule has 17 heavy (non-hydrogen) atoms. The highest BCUT2D eigenvalue weighted by Gasteiger charge is 2.05. The van der Waals surface area contributed by atoms with Gasteiger partial charge in [0, 0.05) is 11.6 Å². The van der Waals surface area contributed by atoms with Gasteiger partial charge in [0.15, 0.2) is 0 Å². The van der Waals surface area contributed by atoms with Crippen molar-refractivity contribution in [2.24, 2.45) is 0 Å². The molecule has 4 nitrogen and oxygen atoms in total. The number of hydrogen-bond acceptors (Lipinski definition) is 4. The normalized spacial score (nSPS) is 9.24. The Morgan fingerprint density at radius 3 is 2.00 bits per heavy atom. The van der Waals surface area contributed by atoms with E-state index in [1.54, 1.807) is 6.92 Å². The van der Waals surface area contributed by atoms with Crippen LogP contribution in [0, 0.1) is 0 Å². The van der Waals surface area contributed by atoms with Crippen molar-refractivity contribution in [3.63, 3.8) is 0 Å². The monoisotopic (exact) mass is 232 g/mol. The molecule has 0 heterocycles. The van der Waals surface area contributed by atoms with E-state index in [2.05, 4.69) is 13.2 Å². The Morgan fingerprint density at radius 1 is 1.12 bits per heavy atom. The van der Waals surface area contributed by atoms with Gasteiger partial charge < -0.3 is 9.47 Å². The maximum absolute atomic E-state index is 11.2. The first-order valence-corrected chi connectivity index (χ1v) is 4.85. The van der Waals surface area contributed by atoms with Crippen molar-refractivity contribution in [2.45, 2.75) is 6.92 Å². The molecule has 4 heteroatoms. The molecule has 0 unspecified atom stereocenters. The molecule has 0 saturated heterocycles. The maximum Gasteiger partial charge on any atom is 0.338 e. The molecule has 0 radical (unpaired) electrons. The maximum atomic E-state index is 11.2. The lowest BCUT2D eigenvalue weighted by molar-refractivity contribution is -0.130. The third-order valence-corrected chi connectivity index (χ3v) is 1.77. The standard InChI is InChI=1S/C13H12O4/c1-4-12(14)16-10-5-7-11(8-6-10)17-13(15)9(2)3/h4-8H,1-2H2,3H3. The van der Waals surface area contributed by atoms with E-state index in [9.17, 15) is 9.59 Å². The van der Waals surface area contributed by atoms with Gasteiger partial charge in [-0.1, -0.05) is 13.2 Å². The molecule has 0 N–H and O–H groups in total. The SMILES string of the molecule is C=CC(=O)Oc1ccc(OC(=O)C(=C)C)cc1. The van der Waals surface area contributed by atoms with Crippen molar-refractivity contribution in [3.8, 4) is 11.5 Å². The van der Waals surface area contributed by atoms with Crippen molar-refractivity contribution < 1.29 is 19.1 Å². The van der Waals surface area contributed by atoms with Gasteiger partial charge >= 0.3 is 11.9 Å². The molecule has 88 valence electrons. The average Bonchev–Trinajstić information content (AvgIpc) is 2.31. The first-order chi connectivity index (χ1) is 8.02. The Morgan fingerprint density at radius 2 is 1.59 bits per heavy atom. The first-order valence-electron chi connectivity index (χ1n) is 4.85. The van der Waals surface area contributed by atoms with E-state index in [-0.39, 0.29) is 0 Å². The molecular weight excluding hydrogens is 220 g/mol. The van der Waals surface area contributed by atoms with Crippen LogP contribution in [0.1, 0.15) is 6.92 Å². The number of ether oxygens (including phenoxy) is 2. The fourth-order valence-corrected chi connectivity index (χ4v) is 0.928. The van der Waals surface area contributed by atoms with Gasteiger partial charge in [-0.2, -0.15) is 0 Å². The summed E-state index contributed by atoms with van der Waals surface area (Å²) in [6.45, 7) is 8.30. The van der Waals surface area contributed by atoms with Crippen LogP contribution in [0.2, 0.25) is 0 Å². The number of carbonyl (C=O) groups excluding carboxylic acids is 2. The van der Waals surface area contributed by atoms with E-state index >= 15 is 0 Å². The number of benzene rings is 1. The molecule has 1 aromatic carbocycles. The minimum Gasteiger partial charge on any atom is -0.423 e. The average molecular weight is 232 g/mol. The summed E-state index contributed by atoms with van der Waals surface area (Å²) in [5.41, 5.74) is 0.312. The van der Waals surface area contributed by atoms with Gasteiger partial charge in [0.25, 0.3) is 0 Å². The van der Waals surface area contributed by atoms with Crippen molar-refractivity contribution >= 4 is 11.9 Å². The summed E-state index contributed by atoms with van der Waals surface area (Å²) in [5.74, 6) is -0.334. The summed E-state index contributed by atoms with van der Waals surface area (Å²) in [7, 11) is 0. The topological polar surface area (TPSA) is 52.6 Å². The van der Waals surface area contributed by atoms with Crippen LogP contribution in [-0.4, -0.2) is 11.9 Å². The molecule has 1 aromatic rings. The molecule has 0 aliphatic rings. The molecule has 0 saturated carbocycles. The zero-order chi connectivity index (χ0) is 12.8. The molecule has 1 rings (SSSR count). The van der Waals surface area contributed by atoms with Crippen LogP contribution in [0.5, 0.6) is 11.5 Å². The highest BCUT2D eigenvalue weighted by atomic mass is 16.5. The van der Waals surface area contributed by atoms with Gasteiger partial charge in [-0.25, -0.2) is 9.59 Å². The molecule has 0 aromatic heterocycles. The van der Waals surface area contributed by atoms with Crippen LogP contribution >= 0.6 is 0 Å². The first kappa shape index (κ1) is 12.7. The molecular formula is C13H12O4. The number of rotatable bonds is 4. The Kier molecular flexibility index (Phi) is 4.22. The minimum absolute atomic E-state index is 0.312. The third kappa shape index (κ3) is 3.95. The molecule has 0 amide bonds. The number of carbonyl (C=O) groups is 2. The summed E-state index contributed by atoms with van der Waals surface area (Å²) in [5, 5.41) is 0. The van der Waals surface area contributed by atoms with Crippen LogP contribution in [-0.2, 0) is 9.59 Å². The minimum atomic E-state index is -0.545. The molecule has 0 aliphatic heterocycles. The summed E-state index contributed by atoms with van der Waals surface area (Å²) in [6, 6.07) is 6.07. The zero-order valence-electron chi connectivity index (χ0n) is 9.43. The second kappa shape index (κ2) is 5.65. The van der Waals surface area contributed by atoms with Crippen LogP contribution in [0.4, 0.5) is 0 Å². The smallest absolute Gasteiger partial charge is 0.338 e. The lowest BCUT2D eigenvalue weighted by Crippen LogP contribution is -2.08. The van der Waals surface area contributed by atoms with E-state index in [1.807, 2.05) is 0 Å². The number of hydrogen-bond donors (Lipinski definition) is 0. The quantitative estimate of drug-likeness (QED) is 0.454. The van der Waals surface area contributed by atoms with E-state index in [0.29, 0.717) is 17.1 Å². The zero-order valence-corrected chi connectivity index (χ0v) is 9.43. The second-order valence-corrected chi connectivity index (χ2v) is 3.27. The molecule has 0 spiro atoms. The van der Waals surface area contributed by atoms with Crippen LogP contribution in [0.25, 0.3) is 0 Å². The van der Waals surface area contributed by atoms with Gasteiger partial charge in [-0.05, 0) is 31.2 Å². The third-order valence-electron chi connectivity index (χ3n) is 1.77. The van der Waals surface area contributed by atoms with Crippen LogP contribution < -0.4 is 9.47 Å². The van der Waals surface area contributed by atoms with E-state index in [1.165, 1.54) is 24.3 Å². The van der Waals surface area contributed by atoms with Crippen LogP contribution in [0.15, 0.2) is 49.1 Å². The van der Waals surface area contributed by atoms with E-state index in [4.69, 9.17) is 9.47 Å². The van der Waals surface area contributed by atoms with E-state index in [0.717, 1.165) is 6.08 Å². The Hall–Kier alpha value is -2.36. The summed E-state index contributed by atoms with van der Waals surface area (Å²) in [6.07, 6.45) is 1.06. The van der Waals surface area contributed by atoms with Crippen molar-refractivity contribution in [3.05, 3.63) is 49.1 Å². The van der Waals surface area contributed by atoms with Gasteiger partial charge in [-0.15, -0.1) is 0 Å². The fraction of sp³-hybridized carbons (Fsp3) is 0.0769. The van der Waals surface area contributed by atoms with Crippen molar-refractivity contribution in [1.82, 2.24) is 0 Å². The second-order valence-electron chi connectivity index (χ2n) is 3.27. The summed E-state index contributed by atoms with van der Waals surface area (Å²) in [4.78, 5) is 22.1. The van der Waals surface area contributed by atoms with Crippen molar-refractivity contribution in [1.29, 1.82) is 0 Å². The van der Waals surface area contributed by atoms with Gasteiger partial charge in [-0.3, -0.25) is 0 Å². The molecule has 0 fully saturated rings. The predicted octanol–water partition coefficient (Wildman–Crippen LogP) is 2.26. The largest absolute Gasteiger partial charge is 0.423 e. The Bertz CT molecular complexity index is 457. The lowest BCUT2D eigenvalue weighted by atomic mass is 10.3. The summed E-state index contributed by atoms with van der Waals surface area (Å²) >= 11 is 0. The van der Waals surface area contributed by atoms with Crippen LogP contribution in [0.3, 0.4) is 0 Å². The Labute approximate surface area is 99.2 Å². The fourth-order valence-electron chi connectivity index (χ4n) is 0.928. The highest BCUT2D eigenvalue weighted by molar-refractivity contribution is 5.88. The highest BCUT2D eigenvalue weighted by Crippen LogP contribution is 2.18. The number of esters is 2. The van der Waals surface area contributed by atoms with Gasteiger partial charge in [0.1, 0.15) is 11.5 Å². The van der Waals surface area contributed by atoms with E-state index < -0.39 is 11.9 Å². The summed E-state index contributed by atoms with van der Waals surface area (Å²) < 4.78 is 9.82. The molecule has 0 aliphatic carbocycles. The van der Waals surface area contributed by atoms with Gasteiger partial charge in [0.2, 0.25) is 0 Å².